The van der Waals surface area contributed by atoms with Crippen LogP contribution in [0.5, 0.6) is 0 Å². The number of halogens is 2. The Labute approximate surface area is 183 Å². The molecule has 7 heteroatoms. The van der Waals surface area contributed by atoms with Crippen molar-refractivity contribution in [1.29, 1.82) is 0 Å². The quantitative estimate of drug-likeness (QED) is 0.280. The molecule has 1 atom stereocenters. The van der Waals surface area contributed by atoms with E-state index in [4.69, 9.17) is 4.74 Å². The topological polar surface area (TPSA) is 65.9 Å². The Morgan fingerprint density at radius 2 is 1.89 bits per heavy atom. The minimum atomic E-state index is -0.648. The maximum Gasteiger partial charge on any atom is 0.191 e. The Hall–Kier alpha value is -1.71. The molecule has 0 aliphatic rings. The van der Waals surface area contributed by atoms with E-state index in [1.807, 2.05) is 37.3 Å². The van der Waals surface area contributed by atoms with E-state index in [-0.39, 0.29) is 36.4 Å². The molecular weight excluding hydrogens is 472 g/mol. The van der Waals surface area contributed by atoms with Crippen LogP contribution < -0.4 is 10.6 Å². The molecule has 3 N–H and O–H groups in total. The van der Waals surface area contributed by atoms with Crippen LogP contribution in [0.2, 0.25) is 0 Å². The lowest BCUT2D eigenvalue weighted by atomic mass is 10.1. The van der Waals surface area contributed by atoms with Crippen molar-refractivity contribution in [3.05, 3.63) is 71.0 Å². The molecule has 28 heavy (non-hydrogen) atoms. The lowest BCUT2D eigenvalue weighted by Gasteiger charge is -2.15. The van der Waals surface area contributed by atoms with E-state index in [0.717, 1.165) is 11.1 Å². The van der Waals surface area contributed by atoms with E-state index in [1.54, 1.807) is 19.1 Å². The van der Waals surface area contributed by atoms with Crippen LogP contribution >= 0.6 is 24.0 Å². The molecule has 0 bridgehead atoms. The second-order valence-corrected chi connectivity index (χ2v) is 6.31. The van der Waals surface area contributed by atoms with Crippen molar-refractivity contribution in [3.63, 3.8) is 0 Å². The summed E-state index contributed by atoms with van der Waals surface area (Å²) in [6.45, 7) is 5.86. The van der Waals surface area contributed by atoms with E-state index in [2.05, 4.69) is 15.6 Å². The highest BCUT2D eigenvalue weighted by Crippen LogP contribution is 2.10. The molecule has 1 unspecified atom stereocenters. The number of aliphatic hydroxyl groups excluding tert-OH is 1. The molecule has 5 nitrogen and oxygen atoms in total. The van der Waals surface area contributed by atoms with Gasteiger partial charge in [0.1, 0.15) is 5.82 Å². The molecule has 0 aliphatic heterocycles. The molecule has 154 valence electrons. The summed E-state index contributed by atoms with van der Waals surface area (Å²) >= 11 is 0. The predicted octanol–water partition coefficient (Wildman–Crippen LogP) is 3.38. The van der Waals surface area contributed by atoms with Crippen LogP contribution in [0.25, 0.3) is 0 Å². The van der Waals surface area contributed by atoms with Gasteiger partial charge in [-0.25, -0.2) is 9.38 Å². The van der Waals surface area contributed by atoms with Gasteiger partial charge in [0, 0.05) is 13.1 Å². The molecule has 0 saturated carbocycles. The molecule has 0 amide bonds. The van der Waals surface area contributed by atoms with Crippen molar-refractivity contribution < 1.29 is 14.2 Å². The molecule has 0 heterocycles. The maximum absolute atomic E-state index is 13.3. The van der Waals surface area contributed by atoms with Crippen LogP contribution in [0.1, 0.15) is 23.6 Å². The molecule has 2 rings (SSSR count). The molecule has 2 aromatic rings. The van der Waals surface area contributed by atoms with Gasteiger partial charge in [-0.3, -0.25) is 0 Å². The number of aliphatic imine (C=N–C) groups is 1. The van der Waals surface area contributed by atoms with Crippen molar-refractivity contribution in [2.24, 2.45) is 4.99 Å². The maximum atomic E-state index is 13.3. The summed E-state index contributed by atoms with van der Waals surface area (Å²) in [5.41, 5.74) is 2.60. The van der Waals surface area contributed by atoms with Crippen LogP contribution in [0.4, 0.5) is 4.39 Å². The normalized spacial score (nSPS) is 12.2. The zero-order chi connectivity index (χ0) is 19.5. The predicted molar refractivity (Wildman–Crippen MR) is 121 cm³/mol. The molecule has 0 fully saturated rings. The number of nitrogens with one attached hydrogen (secondary N) is 2. The molecular formula is C21H29FIN3O2. The van der Waals surface area contributed by atoms with Gasteiger partial charge in [-0.2, -0.15) is 0 Å². The SMILES string of the molecule is CCNC(=NCc1ccc(F)c(C)c1)NCC(O)COCc1ccccc1.I. The molecule has 0 aromatic heterocycles. The Kier molecular flexibility index (Phi) is 11.7. The van der Waals surface area contributed by atoms with E-state index in [1.165, 1.54) is 6.07 Å². The highest BCUT2D eigenvalue weighted by atomic mass is 127. The van der Waals surface area contributed by atoms with Crippen LogP contribution in [-0.2, 0) is 17.9 Å². The molecule has 2 aromatic carbocycles. The highest BCUT2D eigenvalue weighted by Gasteiger charge is 2.06. The number of guanidine groups is 1. The van der Waals surface area contributed by atoms with Crippen LogP contribution in [0, 0.1) is 12.7 Å². The third-order valence-electron chi connectivity index (χ3n) is 3.91. The number of hydrogen-bond acceptors (Lipinski definition) is 3. The summed E-state index contributed by atoms with van der Waals surface area (Å²) in [5, 5.41) is 16.3. The van der Waals surface area contributed by atoms with E-state index >= 15 is 0 Å². The second-order valence-electron chi connectivity index (χ2n) is 6.31. The standard InChI is InChI=1S/C21H28FN3O2.HI/c1-3-23-21(24-12-18-9-10-20(22)16(2)11-18)25-13-19(26)15-27-14-17-7-5-4-6-8-17;/h4-11,19,26H,3,12-15H2,1-2H3,(H2,23,24,25);1H. The highest BCUT2D eigenvalue weighted by molar-refractivity contribution is 14.0. The Bertz CT molecular complexity index is 729. The first-order chi connectivity index (χ1) is 13.1. The van der Waals surface area contributed by atoms with Gasteiger partial charge in [0.15, 0.2) is 5.96 Å². The second kappa shape index (κ2) is 13.5. The van der Waals surface area contributed by atoms with Crippen molar-refractivity contribution in [1.82, 2.24) is 10.6 Å². The van der Waals surface area contributed by atoms with Gasteiger partial charge >= 0.3 is 0 Å². The van der Waals surface area contributed by atoms with Crippen molar-refractivity contribution in [2.45, 2.75) is 33.1 Å². The molecule has 0 radical (unpaired) electrons. The monoisotopic (exact) mass is 501 g/mol. The number of ether oxygens (including phenoxy) is 1. The van der Waals surface area contributed by atoms with Gasteiger partial charge in [-0.05, 0) is 36.6 Å². The van der Waals surface area contributed by atoms with Crippen molar-refractivity contribution in [3.8, 4) is 0 Å². The number of rotatable bonds is 9. The average molecular weight is 501 g/mol. The van der Waals surface area contributed by atoms with Gasteiger partial charge in [0.25, 0.3) is 0 Å². The Balaban J connectivity index is 0.00000392. The van der Waals surface area contributed by atoms with Crippen LogP contribution in [0.3, 0.4) is 0 Å². The fourth-order valence-electron chi connectivity index (χ4n) is 2.48. The Morgan fingerprint density at radius 3 is 2.57 bits per heavy atom. The number of benzene rings is 2. The largest absolute Gasteiger partial charge is 0.389 e. The van der Waals surface area contributed by atoms with Gasteiger partial charge in [0.2, 0.25) is 0 Å². The van der Waals surface area contributed by atoms with E-state index in [0.29, 0.717) is 37.8 Å². The number of hydrogen-bond donors (Lipinski definition) is 3. The molecule has 0 saturated heterocycles. The summed E-state index contributed by atoms with van der Waals surface area (Å²) in [5.74, 6) is 0.382. The Morgan fingerprint density at radius 1 is 1.14 bits per heavy atom. The lowest BCUT2D eigenvalue weighted by Crippen LogP contribution is -2.42. The van der Waals surface area contributed by atoms with Crippen LogP contribution in [0.15, 0.2) is 53.5 Å². The molecule has 0 spiro atoms. The smallest absolute Gasteiger partial charge is 0.191 e. The third-order valence-corrected chi connectivity index (χ3v) is 3.91. The summed E-state index contributed by atoms with van der Waals surface area (Å²) in [6.07, 6.45) is -0.648. The first kappa shape index (κ1) is 24.3. The van der Waals surface area contributed by atoms with Crippen molar-refractivity contribution >= 4 is 29.9 Å². The summed E-state index contributed by atoms with van der Waals surface area (Å²) in [6, 6.07) is 14.8. The summed E-state index contributed by atoms with van der Waals surface area (Å²) < 4.78 is 18.9. The fraction of sp³-hybridized carbons (Fsp3) is 0.381. The fourth-order valence-corrected chi connectivity index (χ4v) is 2.48. The lowest BCUT2D eigenvalue weighted by molar-refractivity contribution is 0.0308. The number of nitrogens with zero attached hydrogens (tertiary/aromatic N) is 1. The first-order valence-electron chi connectivity index (χ1n) is 9.15. The average Bonchev–Trinajstić information content (AvgIpc) is 2.67. The van der Waals surface area contributed by atoms with Crippen molar-refractivity contribution in [2.75, 3.05) is 19.7 Å². The van der Waals surface area contributed by atoms with Gasteiger partial charge in [0.05, 0.1) is 25.9 Å². The van der Waals surface area contributed by atoms with E-state index in [9.17, 15) is 9.50 Å². The third kappa shape index (κ3) is 8.99. The summed E-state index contributed by atoms with van der Waals surface area (Å²) in [7, 11) is 0. The zero-order valence-corrected chi connectivity index (χ0v) is 18.7. The number of aryl methyl sites for hydroxylation is 1. The minimum absolute atomic E-state index is 0. The zero-order valence-electron chi connectivity index (χ0n) is 16.3. The number of aliphatic hydroxyl groups is 1. The minimum Gasteiger partial charge on any atom is -0.389 e. The first-order valence-corrected chi connectivity index (χ1v) is 9.15. The van der Waals surface area contributed by atoms with E-state index < -0.39 is 6.10 Å². The van der Waals surface area contributed by atoms with Gasteiger partial charge in [-0.1, -0.05) is 42.5 Å². The van der Waals surface area contributed by atoms with Crippen LogP contribution in [-0.4, -0.2) is 36.9 Å². The van der Waals surface area contributed by atoms with Gasteiger partial charge in [-0.15, -0.1) is 24.0 Å². The molecule has 0 aliphatic carbocycles. The van der Waals surface area contributed by atoms with Gasteiger partial charge < -0.3 is 20.5 Å². The summed E-state index contributed by atoms with van der Waals surface area (Å²) in [4.78, 5) is 4.47.